The van der Waals surface area contributed by atoms with Crippen LogP contribution in [0, 0.1) is 11.6 Å². The fraction of sp³-hybridized carbons (Fsp3) is 0.278. The topological polar surface area (TPSA) is 78.8 Å². The summed E-state index contributed by atoms with van der Waals surface area (Å²) >= 11 is 5.45. The van der Waals surface area contributed by atoms with Gasteiger partial charge in [0.2, 0.25) is 0 Å². The van der Waals surface area contributed by atoms with Gasteiger partial charge in [-0.15, -0.1) is 0 Å². The van der Waals surface area contributed by atoms with Gasteiger partial charge in [-0.2, -0.15) is 0 Å². The Bertz CT molecular complexity index is 745. The van der Waals surface area contributed by atoms with E-state index in [1.165, 1.54) is 0 Å². The SMILES string of the molecule is O=C(NCCC(O)C(O)c1ccc(F)c(Cl)c1F)OCc1ccccc1. The number of carbonyl (C=O) groups is 1. The maximum absolute atomic E-state index is 13.9. The number of halogens is 3. The van der Waals surface area contributed by atoms with Crippen molar-refractivity contribution in [3.63, 3.8) is 0 Å². The zero-order valence-electron chi connectivity index (χ0n) is 13.7. The summed E-state index contributed by atoms with van der Waals surface area (Å²) in [5.41, 5.74) is 0.498. The summed E-state index contributed by atoms with van der Waals surface area (Å²) in [5.74, 6) is -2.09. The van der Waals surface area contributed by atoms with Gasteiger partial charge in [0.25, 0.3) is 0 Å². The van der Waals surface area contributed by atoms with Crippen LogP contribution in [0.2, 0.25) is 5.02 Å². The van der Waals surface area contributed by atoms with E-state index in [0.29, 0.717) is 0 Å². The van der Waals surface area contributed by atoms with Crippen LogP contribution in [-0.4, -0.2) is 29.0 Å². The summed E-state index contributed by atoms with van der Waals surface area (Å²) in [6, 6.07) is 11.0. The van der Waals surface area contributed by atoms with Crippen molar-refractivity contribution in [1.82, 2.24) is 5.32 Å². The monoisotopic (exact) mass is 385 g/mol. The first-order chi connectivity index (χ1) is 12.4. The zero-order chi connectivity index (χ0) is 19.1. The summed E-state index contributed by atoms with van der Waals surface area (Å²) in [4.78, 5) is 11.6. The Morgan fingerprint density at radius 3 is 2.54 bits per heavy atom. The molecule has 0 aliphatic rings. The number of aliphatic hydroxyl groups excluding tert-OH is 2. The standard InChI is InChI=1S/C18H18ClF2NO4/c19-15-13(20)7-6-12(16(15)21)17(24)14(23)8-9-22-18(25)26-10-11-4-2-1-3-5-11/h1-7,14,17,23-24H,8-10H2,(H,22,25). The van der Waals surface area contributed by atoms with Crippen molar-refractivity contribution in [1.29, 1.82) is 0 Å². The lowest BCUT2D eigenvalue weighted by atomic mass is 10.0. The minimum absolute atomic E-state index is 0.0115. The van der Waals surface area contributed by atoms with Gasteiger partial charge >= 0.3 is 6.09 Å². The van der Waals surface area contributed by atoms with Gasteiger partial charge in [-0.3, -0.25) is 0 Å². The Morgan fingerprint density at radius 2 is 1.85 bits per heavy atom. The van der Waals surface area contributed by atoms with E-state index in [4.69, 9.17) is 16.3 Å². The first kappa shape index (κ1) is 20.1. The van der Waals surface area contributed by atoms with Gasteiger partial charge in [-0.1, -0.05) is 48.0 Å². The molecule has 2 aromatic carbocycles. The van der Waals surface area contributed by atoms with E-state index in [-0.39, 0.29) is 25.1 Å². The highest BCUT2D eigenvalue weighted by Crippen LogP contribution is 2.28. The molecule has 3 N–H and O–H groups in total. The van der Waals surface area contributed by atoms with Gasteiger partial charge in [-0.25, -0.2) is 13.6 Å². The number of aliphatic hydroxyl groups is 2. The van der Waals surface area contributed by atoms with E-state index in [2.05, 4.69) is 5.32 Å². The molecule has 0 saturated heterocycles. The highest BCUT2D eigenvalue weighted by Gasteiger charge is 2.24. The van der Waals surface area contributed by atoms with Crippen molar-refractivity contribution in [3.8, 4) is 0 Å². The number of hydrogen-bond donors (Lipinski definition) is 3. The van der Waals surface area contributed by atoms with Crippen LogP contribution in [0.1, 0.15) is 23.7 Å². The van der Waals surface area contributed by atoms with E-state index in [0.717, 1.165) is 17.7 Å². The molecule has 8 heteroatoms. The number of rotatable bonds is 7. The molecular weight excluding hydrogens is 368 g/mol. The van der Waals surface area contributed by atoms with Crippen molar-refractivity contribution >= 4 is 17.7 Å². The van der Waals surface area contributed by atoms with Gasteiger partial charge in [0.15, 0.2) is 5.82 Å². The van der Waals surface area contributed by atoms with Crippen molar-refractivity contribution in [2.75, 3.05) is 6.54 Å². The molecule has 2 atom stereocenters. The highest BCUT2D eigenvalue weighted by atomic mass is 35.5. The molecule has 0 heterocycles. The Morgan fingerprint density at radius 1 is 1.15 bits per heavy atom. The van der Waals surface area contributed by atoms with Crippen molar-refractivity contribution in [2.24, 2.45) is 0 Å². The summed E-state index contributed by atoms with van der Waals surface area (Å²) in [6.45, 7) is 0.0829. The third-order valence-corrected chi connectivity index (χ3v) is 4.02. The molecule has 2 rings (SSSR count). The maximum Gasteiger partial charge on any atom is 0.407 e. The van der Waals surface area contributed by atoms with Crippen LogP contribution in [0.3, 0.4) is 0 Å². The van der Waals surface area contributed by atoms with Crippen LogP contribution >= 0.6 is 11.6 Å². The minimum atomic E-state index is -1.62. The predicted octanol–water partition coefficient (Wildman–Crippen LogP) is 3.33. The second kappa shape index (κ2) is 9.47. The Hall–Kier alpha value is -2.22. The molecule has 26 heavy (non-hydrogen) atoms. The number of hydrogen-bond acceptors (Lipinski definition) is 4. The molecule has 0 fully saturated rings. The number of carbonyl (C=O) groups excluding carboxylic acids is 1. The Labute approximate surface area is 154 Å². The average molecular weight is 386 g/mol. The molecule has 0 aromatic heterocycles. The molecular formula is C18H18ClF2NO4. The van der Waals surface area contributed by atoms with Crippen LogP contribution in [0.15, 0.2) is 42.5 Å². The number of benzene rings is 2. The first-order valence-electron chi connectivity index (χ1n) is 7.84. The van der Waals surface area contributed by atoms with E-state index in [9.17, 15) is 23.8 Å². The number of amides is 1. The highest BCUT2D eigenvalue weighted by molar-refractivity contribution is 6.30. The van der Waals surface area contributed by atoms with Crippen LogP contribution < -0.4 is 5.32 Å². The van der Waals surface area contributed by atoms with Crippen LogP contribution in [0.4, 0.5) is 13.6 Å². The summed E-state index contributed by atoms with van der Waals surface area (Å²) in [6.07, 6.45) is -3.77. The van der Waals surface area contributed by atoms with Crippen molar-refractivity contribution in [3.05, 3.63) is 70.2 Å². The predicted molar refractivity (Wildman–Crippen MR) is 91.6 cm³/mol. The van der Waals surface area contributed by atoms with Crippen molar-refractivity contribution in [2.45, 2.75) is 25.2 Å². The number of ether oxygens (including phenoxy) is 1. The molecule has 2 aromatic rings. The molecule has 0 saturated carbocycles. The molecule has 0 bridgehead atoms. The van der Waals surface area contributed by atoms with Crippen molar-refractivity contribution < 1.29 is 28.5 Å². The third kappa shape index (κ3) is 5.39. The molecule has 0 aliphatic heterocycles. The van der Waals surface area contributed by atoms with Crippen LogP contribution in [0.5, 0.6) is 0 Å². The molecule has 0 radical (unpaired) electrons. The molecule has 0 spiro atoms. The van der Waals surface area contributed by atoms with Crippen LogP contribution in [0.25, 0.3) is 0 Å². The van der Waals surface area contributed by atoms with E-state index >= 15 is 0 Å². The summed E-state index contributed by atoms with van der Waals surface area (Å²) in [7, 11) is 0. The zero-order valence-corrected chi connectivity index (χ0v) is 14.4. The second-order valence-electron chi connectivity index (χ2n) is 5.55. The molecule has 0 aliphatic carbocycles. The lowest BCUT2D eigenvalue weighted by Crippen LogP contribution is -2.30. The molecule has 1 amide bonds. The minimum Gasteiger partial charge on any atom is -0.445 e. The molecule has 140 valence electrons. The number of nitrogens with one attached hydrogen (secondary N) is 1. The molecule has 2 unspecified atom stereocenters. The quantitative estimate of drug-likeness (QED) is 0.639. The fourth-order valence-corrected chi connectivity index (χ4v) is 2.40. The maximum atomic E-state index is 13.9. The summed E-state index contributed by atoms with van der Waals surface area (Å²) in [5, 5.41) is 21.6. The van der Waals surface area contributed by atoms with Gasteiger partial charge < -0.3 is 20.3 Å². The smallest absolute Gasteiger partial charge is 0.407 e. The molecule has 5 nitrogen and oxygen atoms in total. The normalized spacial score (nSPS) is 13.1. The number of alkyl carbamates (subject to hydrolysis) is 1. The average Bonchev–Trinajstić information content (AvgIpc) is 2.65. The Kier molecular flexibility index (Phi) is 7.32. The van der Waals surface area contributed by atoms with E-state index in [1.54, 1.807) is 12.1 Å². The van der Waals surface area contributed by atoms with E-state index in [1.807, 2.05) is 18.2 Å². The van der Waals surface area contributed by atoms with Gasteiger partial charge in [0.1, 0.15) is 23.6 Å². The third-order valence-electron chi connectivity index (χ3n) is 3.67. The van der Waals surface area contributed by atoms with Gasteiger partial charge in [-0.05, 0) is 18.1 Å². The van der Waals surface area contributed by atoms with Crippen LogP contribution in [-0.2, 0) is 11.3 Å². The Balaban J connectivity index is 1.78. The van der Waals surface area contributed by atoms with E-state index < -0.39 is 35.0 Å². The second-order valence-corrected chi connectivity index (χ2v) is 5.93. The fourth-order valence-electron chi connectivity index (χ4n) is 2.23. The lowest BCUT2D eigenvalue weighted by molar-refractivity contribution is 0.0115. The van der Waals surface area contributed by atoms with Gasteiger partial charge in [0, 0.05) is 12.1 Å². The largest absolute Gasteiger partial charge is 0.445 e. The summed E-state index contributed by atoms with van der Waals surface area (Å²) < 4.78 is 32.0. The lowest BCUT2D eigenvalue weighted by Gasteiger charge is -2.19. The van der Waals surface area contributed by atoms with Gasteiger partial charge in [0.05, 0.1) is 6.10 Å². The first-order valence-corrected chi connectivity index (χ1v) is 8.22.